The van der Waals surface area contributed by atoms with Crippen LogP contribution in [0.15, 0.2) is 66.0 Å². The number of piperidine rings is 1. The molecular weight excluding hydrogens is 458 g/mol. The van der Waals surface area contributed by atoms with Gasteiger partial charge in [-0.1, -0.05) is 42.5 Å². The molecule has 1 fully saturated rings. The molecule has 0 N–H and O–H groups in total. The van der Waals surface area contributed by atoms with Gasteiger partial charge in [0.25, 0.3) is 11.8 Å². The maximum absolute atomic E-state index is 13.5. The summed E-state index contributed by atoms with van der Waals surface area (Å²) >= 11 is 1.53. The predicted octanol–water partition coefficient (Wildman–Crippen LogP) is 4.81. The first kappa shape index (κ1) is 23.3. The van der Waals surface area contributed by atoms with Crippen molar-refractivity contribution in [3.05, 3.63) is 87.6 Å². The second-order valence-corrected chi connectivity index (χ2v) is 10.1. The van der Waals surface area contributed by atoms with Crippen LogP contribution in [-0.2, 0) is 17.9 Å². The maximum atomic E-state index is 13.5. The van der Waals surface area contributed by atoms with Gasteiger partial charge in [-0.3, -0.25) is 19.3 Å². The molecule has 1 aromatic heterocycles. The first-order chi connectivity index (χ1) is 17.1. The van der Waals surface area contributed by atoms with Gasteiger partial charge in [0.05, 0.1) is 29.3 Å². The Balaban J connectivity index is 1.35. The summed E-state index contributed by atoms with van der Waals surface area (Å²) in [5.74, 6) is -0.486. The molecule has 0 saturated carbocycles. The van der Waals surface area contributed by atoms with Crippen molar-refractivity contribution < 1.29 is 14.4 Å². The van der Waals surface area contributed by atoms with E-state index in [4.69, 9.17) is 0 Å². The molecule has 3 amide bonds. The minimum atomic E-state index is -0.248. The van der Waals surface area contributed by atoms with Crippen molar-refractivity contribution in [1.82, 2.24) is 9.80 Å². The summed E-state index contributed by atoms with van der Waals surface area (Å²) in [6, 6.07) is 19.4. The first-order valence-electron chi connectivity index (χ1n) is 12.2. The van der Waals surface area contributed by atoms with Crippen LogP contribution < -0.4 is 4.90 Å². The number of fused-ring (bicyclic) bond motifs is 1. The number of amides is 3. The van der Waals surface area contributed by atoms with Crippen molar-refractivity contribution in [2.45, 2.75) is 32.9 Å². The van der Waals surface area contributed by atoms with Crippen LogP contribution in [0.25, 0.3) is 0 Å². The van der Waals surface area contributed by atoms with E-state index in [9.17, 15) is 14.4 Å². The number of rotatable bonds is 7. The van der Waals surface area contributed by atoms with Crippen molar-refractivity contribution in [2.75, 3.05) is 24.5 Å². The van der Waals surface area contributed by atoms with Gasteiger partial charge in [0.2, 0.25) is 5.91 Å². The van der Waals surface area contributed by atoms with E-state index in [1.54, 1.807) is 6.07 Å². The summed E-state index contributed by atoms with van der Waals surface area (Å²) in [6.45, 7) is 4.85. The number of carbonyl (C=O) groups is 3. The van der Waals surface area contributed by atoms with Gasteiger partial charge in [-0.05, 0) is 48.9 Å². The number of hydrogen-bond donors (Lipinski definition) is 0. The average molecular weight is 488 g/mol. The quantitative estimate of drug-likeness (QED) is 0.449. The van der Waals surface area contributed by atoms with Gasteiger partial charge in [0.1, 0.15) is 0 Å². The molecule has 3 aromatic rings. The predicted molar refractivity (Wildman–Crippen MR) is 137 cm³/mol. The van der Waals surface area contributed by atoms with Gasteiger partial charge in [-0.25, -0.2) is 0 Å². The number of thiophene rings is 1. The topological polar surface area (TPSA) is 60.9 Å². The highest BCUT2D eigenvalue weighted by Gasteiger charge is 2.39. The van der Waals surface area contributed by atoms with Crippen LogP contribution in [0.5, 0.6) is 0 Å². The number of nitrogens with zero attached hydrogens (tertiary/aromatic N) is 3. The normalized spacial score (nSPS) is 17.6. The Morgan fingerprint density at radius 1 is 1.03 bits per heavy atom. The van der Waals surface area contributed by atoms with Gasteiger partial charge >= 0.3 is 0 Å². The molecule has 1 unspecified atom stereocenters. The van der Waals surface area contributed by atoms with Gasteiger partial charge < -0.3 is 9.80 Å². The summed E-state index contributed by atoms with van der Waals surface area (Å²) < 4.78 is 0. The monoisotopic (exact) mass is 487 g/mol. The van der Waals surface area contributed by atoms with Crippen LogP contribution in [0.2, 0.25) is 0 Å². The van der Waals surface area contributed by atoms with Crippen LogP contribution in [0.4, 0.5) is 5.69 Å². The largest absolute Gasteiger partial charge is 0.370 e. The lowest BCUT2D eigenvalue weighted by atomic mass is 9.94. The summed E-state index contributed by atoms with van der Waals surface area (Å²) in [7, 11) is 0. The van der Waals surface area contributed by atoms with Crippen LogP contribution in [0.1, 0.15) is 50.9 Å². The van der Waals surface area contributed by atoms with Gasteiger partial charge in [-0.15, -0.1) is 11.3 Å². The molecule has 0 bridgehead atoms. The molecule has 6 nitrogen and oxygen atoms in total. The van der Waals surface area contributed by atoms with E-state index in [0.29, 0.717) is 30.8 Å². The van der Waals surface area contributed by atoms with Crippen molar-refractivity contribution in [1.29, 1.82) is 0 Å². The lowest BCUT2D eigenvalue weighted by Crippen LogP contribution is -2.45. The van der Waals surface area contributed by atoms with E-state index in [2.05, 4.69) is 4.90 Å². The van der Waals surface area contributed by atoms with Crippen molar-refractivity contribution in [3.8, 4) is 0 Å². The SMILES string of the molecule is CCN(Cc1ccccc1)C(=O)C1CCCN(c2cccc3c2C(=O)N(Cc2cccs2)C3=O)C1. The maximum Gasteiger partial charge on any atom is 0.264 e. The highest BCUT2D eigenvalue weighted by Crippen LogP contribution is 2.35. The van der Waals surface area contributed by atoms with E-state index in [1.807, 2.05) is 71.8 Å². The Kier molecular flexibility index (Phi) is 6.68. The van der Waals surface area contributed by atoms with Crippen LogP contribution in [0.3, 0.4) is 0 Å². The average Bonchev–Trinajstić information content (AvgIpc) is 3.50. The van der Waals surface area contributed by atoms with Gasteiger partial charge in [0.15, 0.2) is 0 Å². The zero-order chi connectivity index (χ0) is 24.4. The van der Waals surface area contributed by atoms with Crippen molar-refractivity contribution in [2.24, 2.45) is 5.92 Å². The standard InChI is InChI=1S/C28H29N3O3S/c1-2-29(17-20-9-4-3-5-10-20)26(32)21-11-7-15-30(18-21)24-14-6-13-23-25(24)28(34)31(27(23)33)19-22-12-8-16-35-22/h3-6,8-10,12-14,16,21H,2,7,11,15,17-19H2,1H3. The third-order valence-electron chi connectivity index (χ3n) is 6.89. The fraction of sp³-hybridized carbons (Fsp3) is 0.321. The molecular formula is C28H29N3O3S. The Bertz CT molecular complexity index is 1230. The summed E-state index contributed by atoms with van der Waals surface area (Å²) in [6.07, 6.45) is 1.69. The van der Waals surface area contributed by atoms with E-state index >= 15 is 0 Å². The first-order valence-corrected chi connectivity index (χ1v) is 13.0. The zero-order valence-corrected chi connectivity index (χ0v) is 20.7. The number of carbonyl (C=O) groups excluding carboxylic acids is 3. The molecule has 5 rings (SSSR count). The molecule has 2 aliphatic rings. The number of hydrogen-bond acceptors (Lipinski definition) is 5. The molecule has 1 atom stereocenters. The second-order valence-electron chi connectivity index (χ2n) is 9.10. The lowest BCUT2D eigenvalue weighted by Gasteiger charge is -2.36. The summed E-state index contributed by atoms with van der Waals surface area (Å²) in [4.78, 5) is 46.3. The van der Waals surface area contributed by atoms with Crippen molar-refractivity contribution in [3.63, 3.8) is 0 Å². The Hall–Kier alpha value is -3.45. The van der Waals surface area contributed by atoms with Gasteiger partial charge in [-0.2, -0.15) is 0 Å². The van der Waals surface area contributed by atoms with Gasteiger partial charge in [0, 0.05) is 31.1 Å². The van der Waals surface area contributed by atoms with Crippen molar-refractivity contribution >= 4 is 34.7 Å². The Labute approximate surface area is 209 Å². The molecule has 7 heteroatoms. The van der Waals surface area contributed by atoms with Crippen LogP contribution >= 0.6 is 11.3 Å². The smallest absolute Gasteiger partial charge is 0.264 e. The zero-order valence-electron chi connectivity index (χ0n) is 19.9. The fourth-order valence-electron chi connectivity index (χ4n) is 5.09. The third kappa shape index (κ3) is 4.60. The summed E-state index contributed by atoms with van der Waals surface area (Å²) in [5, 5.41) is 1.95. The van der Waals surface area contributed by atoms with E-state index in [0.717, 1.165) is 35.5 Å². The highest BCUT2D eigenvalue weighted by atomic mass is 32.1. The molecule has 0 radical (unpaired) electrons. The van der Waals surface area contributed by atoms with Crippen LogP contribution in [0, 0.1) is 5.92 Å². The minimum Gasteiger partial charge on any atom is -0.370 e. The summed E-state index contributed by atoms with van der Waals surface area (Å²) in [5.41, 5.74) is 2.81. The van der Waals surface area contributed by atoms with E-state index < -0.39 is 0 Å². The molecule has 0 aliphatic carbocycles. The second kappa shape index (κ2) is 10.0. The van der Waals surface area contributed by atoms with Crippen LogP contribution in [-0.4, -0.2) is 47.2 Å². The molecule has 0 spiro atoms. The molecule has 35 heavy (non-hydrogen) atoms. The minimum absolute atomic E-state index is 0.141. The molecule has 2 aliphatic heterocycles. The number of anilines is 1. The Morgan fingerprint density at radius 2 is 1.86 bits per heavy atom. The molecule has 2 aromatic carbocycles. The molecule has 3 heterocycles. The molecule has 1 saturated heterocycles. The third-order valence-corrected chi connectivity index (χ3v) is 7.75. The number of imide groups is 1. The van der Waals surface area contributed by atoms with E-state index in [1.165, 1.54) is 16.2 Å². The number of benzene rings is 2. The molecule has 180 valence electrons. The van der Waals surface area contributed by atoms with E-state index in [-0.39, 0.29) is 30.2 Å². The Morgan fingerprint density at radius 3 is 2.60 bits per heavy atom. The fourth-order valence-corrected chi connectivity index (χ4v) is 5.78. The highest BCUT2D eigenvalue weighted by molar-refractivity contribution is 7.09. The lowest BCUT2D eigenvalue weighted by molar-refractivity contribution is -0.136.